The average molecular weight is 410 g/mol. The predicted molar refractivity (Wildman–Crippen MR) is 136 cm³/mol. The van der Waals surface area contributed by atoms with Crippen molar-refractivity contribution in [1.29, 1.82) is 0 Å². The highest BCUT2D eigenvalue weighted by Gasteiger charge is 2.39. The first-order chi connectivity index (χ1) is 15.7. The lowest BCUT2D eigenvalue weighted by Gasteiger charge is -2.24. The van der Waals surface area contributed by atoms with Crippen LogP contribution >= 0.6 is 0 Å². The van der Waals surface area contributed by atoms with Crippen molar-refractivity contribution in [1.82, 2.24) is 4.57 Å². The number of hydrogen-bond donors (Lipinski definition) is 0. The summed E-state index contributed by atoms with van der Waals surface area (Å²) in [5.74, 6) is 0. The summed E-state index contributed by atoms with van der Waals surface area (Å²) in [6, 6.07) is 37.7. The third-order valence-corrected chi connectivity index (χ3v) is 7.32. The molecule has 1 nitrogen and oxygen atoms in total. The Hall–Kier alpha value is -3.84. The molecule has 32 heavy (non-hydrogen) atoms. The van der Waals surface area contributed by atoms with E-state index in [-0.39, 0.29) is 5.41 Å². The van der Waals surface area contributed by atoms with Gasteiger partial charge in [0.05, 0.1) is 11.0 Å². The monoisotopic (exact) mass is 409 g/mol. The van der Waals surface area contributed by atoms with Crippen LogP contribution in [-0.4, -0.2) is 4.57 Å². The van der Waals surface area contributed by atoms with E-state index >= 15 is 0 Å². The first kappa shape index (κ1) is 17.8. The standard InChI is InChI=1S/C31H23N/c1-31(2)29-22-13-7-6-10-20(22)16-17-23(29)24-18-19-27-28(30(24)31)25-14-8-9-15-26(25)32(27)21-11-4-3-5-12-21/h3-19H,1-2H3. The van der Waals surface area contributed by atoms with Gasteiger partial charge < -0.3 is 4.57 Å². The Morgan fingerprint density at radius 3 is 2.03 bits per heavy atom. The van der Waals surface area contributed by atoms with E-state index < -0.39 is 0 Å². The molecule has 0 atom stereocenters. The summed E-state index contributed by atoms with van der Waals surface area (Å²) < 4.78 is 2.42. The normalized spacial score (nSPS) is 14.2. The quantitative estimate of drug-likeness (QED) is 0.258. The smallest absolute Gasteiger partial charge is 0.0544 e. The van der Waals surface area contributed by atoms with Gasteiger partial charge in [-0.2, -0.15) is 0 Å². The number of nitrogens with zero attached hydrogens (tertiary/aromatic N) is 1. The van der Waals surface area contributed by atoms with Gasteiger partial charge in [0, 0.05) is 21.9 Å². The van der Waals surface area contributed by atoms with Crippen LogP contribution in [0, 0.1) is 0 Å². The number of rotatable bonds is 1. The van der Waals surface area contributed by atoms with Crippen LogP contribution in [-0.2, 0) is 5.41 Å². The van der Waals surface area contributed by atoms with Gasteiger partial charge in [-0.15, -0.1) is 0 Å². The maximum atomic E-state index is 2.42. The van der Waals surface area contributed by atoms with Crippen LogP contribution in [0.15, 0.2) is 103 Å². The lowest BCUT2D eigenvalue weighted by Crippen LogP contribution is -2.16. The van der Waals surface area contributed by atoms with Crippen molar-refractivity contribution in [3.8, 4) is 16.8 Å². The van der Waals surface area contributed by atoms with E-state index in [1.165, 1.54) is 60.5 Å². The van der Waals surface area contributed by atoms with Crippen molar-refractivity contribution in [3.63, 3.8) is 0 Å². The Morgan fingerprint density at radius 1 is 0.531 bits per heavy atom. The number of fused-ring (bicyclic) bond motifs is 9. The van der Waals surface area contributed by atoms with Crippen LogP contribution in [0.25, 0.3) is 49.4 Å². The Morgan fingerprint density at radius 2 is 1.19 bits per heavy atom. The molecule has 1 aliphatic rings. The number of para-hydroxylation sites is 2. The Balaban J connectivity index is 1.67. The molecule has 1 heterocycles. The highest BCUT2D eigenvalue weighted by atomic mass is 15.0. The third-order valence-electron chi connectivity index (χ3n) is 7.32. The molecule has 0 aliphatic heterocycles. The molecule has 6 aromatic rings. The van der Waals surface area contributed by atoms with Gasteiger partial charge >= 0.3 is 0 Å². The van der Waals surface area contributed by atoms with Crippen LogP contribution in [0.3, 0.4) is 0 Å². The minimum atomic E-state index is -0.0866. The molecule has 1 aromatic heterocycles. The first-order valence-corrected chi connectivity index (χ1v) is 11.3. The second-order valence-electron chi connectivity index (χ2n) is 9.40. The lowest BCUT2D eigenvalue weighted by molar-refractivity contribution is 0.672. The topological polar surface area (TPSA) is 4.93 Å². The molecule has 1 heteroatoms. The number of aromatic nitrogens is 1. The zero-order valence-corrected chi connectivity index (χ0v) is 18.3. The minimum Gasteiger partial charge on any atom is -0.309 e. The molecule has 0 saturated heterocycles. The van der Waals surface area contributed by atoms with E-state index in [0.717, 1.165) is 0 Å². The Bertz CT molecular complexity index is 1680. The van der Waals surface area contributed by atoms with Gasteiger partial charge in [-0.1, -0.05) is 92.7 Å². The zero-order valence-electron chi connectivity index (χ0n) is 18.3. The maximum Gasteiger partial charge on any atom is 0.0544 e. The molecule has 152 valence electrons. The summed E-state index contributed by atoms with van der Waals surface area (Å²) in [5, 5.41) is 5.39. The fraction of sp³-hybridized carbons (Fsp3) is 0.0968. The molecule has 5 aromatic carbocycles. The maximum absolute atomic E-state index is 2.42. The molecule has 0 N–H and O–H groups in total. The van der Waals surface area contributed by atoms with Crippen molar-refractivity contribution >= 4 is 32.6 Å². The molecule has 1 aliphatic carbocycles. The van der Waals surface area contributed by atoms with Crippen molar-refractivity contribution in [2.45, 2.75) is 19.3 Å². The van der Waals surface area contributed by atoms with Crippen molar-refractivity contribution in [2.75, 3.05) is 0 Å². The molecular formula is C31H23N. The van der Waals surface area contributed by atoms with Crippen LogP contribution in [0.5, 0.6) is 0 Å². The molecule has 0 spiro atoms. The van der Waals surface area contributed by atoms with E-state index in [4.69, 9.17) is 0 Å². The highest BCUT2D eigenvalue weighted by Crippen LogP contribution is 2.55. The lowest BCUT2D eigenvalue weighted by atomic mass is 9.78. The molecular weight excluding hydrogens is 386 g/mol. The molecule has 0 saturated carbocycles. The average Bonchev–Trinajstić information content (AvgIpc) is 3.29. The van der Waals surface area contributed by atoms with Gasteiger partial charge in [-0.05, 0) is 57.3 Å². The van der Waals surface area contributed by atoms with Crippen molar-refractivity contribution in [2.24, 2.45) is 0 Å². The summed E-state index contributed by atoms with van der Waals surface area (Å²) >= 11 is 0. The third kappa shape index (κ3) is 2.13. The molecule has 0 unspecified atom stereocenters. The van der Waals surface area contributed by atoms with E-state index in [2.05, 4.69) is 122 Å². The predicted octanol–water partition coefficient (Wildman–Crippen LogP) is 8.24. The summed E-state index contributed by atoms with van der Waals surface area (Å²) in [5.41, 5.74) is 9.32. The SMILES string of the molecule is CC1(C)c2c(ccc3ccccc23)-c2ccc3c(c21)c1ccccc1n3-c1ccccc1. The van der Waals surface area contributed by atoms with Gasteiger partial charge in [0.2, 0.25) is 0 Å². The van der Waals surface area contributed by atoms with Gasteiger partial charge in [0.15, 0.2) is 0 Å². The Kier molecular flexibility index (Phi) is 3.40. The summed E-state index contributed by atoms with van der Waals surface area (Å²) in [4.78, 5) is 0. The largest absolute Gasteiger partial charge is 0.309 e. The van der Waals surface area contributed by atoms with Crippen molar-refractivity contribution in [3.05, 3.63) is 114 Å². The zero-order chi connectivity index (χ0) is 21.4. The number of hydrogen-bond acceptors (Lipinski definition) is 0. The second kappa shape index (κ2) is 6.11. The minimum absolute atomic E-state index is 0.0866. The molecule has 0 radical (unpaired) electrons. The second-order valence-corrected chi connectivity index (χ2v) is 9.40. The van der Waals surface area contributed by atoms with E-state index in [1.807, 2.05) is 0 Å². The fourth-order valence-electron chi connectivity index (χ4n) is 6.08. The highest BCUT2D eigenvalue weighted by molar-refractivity contribution is 6.15. The fourth-order valence-corrected chi connectivity index (χ4v) is 6.08. The molecule has 7 rings (SSSR count). The van der Waals surface area contributed by atoms with E-state index in [1.54, 1.807) is 0 Å². The van der Waals surface area contributed by atoms with Crippen LogP contribution in [0.4, 0.5) is 0 Å². The molecule has 0 bridgehead atoms. The van der Waals surface area contributed by atoms with E-state index in [9.17, 15) is 0 Å². The van der Waals surface area contributed by atoms with Crippen LogP contribution < -0.4 is 0 Å². The van der Waals surface area contributed by atoms with Gasteiger partial charge in [0.25, 0.3) is 0 Å². The van der Waals surface area contributed by atoms with Crippen LogP contribution in [0.1, 0.15) is 25.0 Å². The van der Waals surface area contributed by atoms with Gasteiger partial charge in [0.1, 0.15) is 0 Å². The summed E-state index contributed by atoms with van der Waals surface area (Å²) in [7, 11) is 0. The summed E-state index contributed by atoms with van der Waals surface area (Å²) in [6.45, 7) is 4.80. The first-order valence-electron chi connectivity index (χ1n) is 11.3. The number of benzene rings is 5. The van der Waals surface area contributed by atoms with Crippen LogP contribution in [0.2, 0.25) is 0 Å². The molecule has 0 fully saturated rings. The summed E-state index contributed by atoms with van der Waals surface area (Å²) in [6.07, 6.45) is 0. The Labute approximate surface area is 187 Å². The van der Waals surface area contributed by atoms with E-state index in [0.29, 0.717) is 0 Å². The molecule has 0 amide bonds. The van der Waals surface area contributed by atoms with Crippen molar-refractivity contribution < 1.29 is 0 Å². The van der Waals surface area contributed by atoms with Gasteiger partial charge in [-0.25, -0.2) is 0 Å². The van der Waals surface area contributed by atoms with Gasteiger partial charge in [-0.3, -0.25) is 0 Å².